The number of nitrogens with one attached hydrogen (secondary N) is 1. The Morgan fingerprint density at radius 1 is 1.20 bits per heavy atom. The zero-order valence-electron chi connectivity index (χ0n) is 13.9. The van der Waals surface area contributed by atoms with Gasteiger partial charge >= 0.3 is 0 Å². The molecule has 0 saturated carbocycles. The molecule has 0 aliphatic carbocycles. The quantitative estimate of drug-likeness (QED) is 0.408. The van der Waals surface area contributed by atoms with Crippen LogP contribution in [0, 0.1) is 0 Å². The van der Waals surface area contributed by atoms with Crippen LogP contribution in [-0.2, 0) is 0 Å². The van der Waals surface area contributed by atoms with Gasteiger partial charge in [0.15, 0.2) is 0 Å². The fourth-order valence-corrected chi connectivity index (χ4v) is 3.18. The molecular weight excluding hydrogens is 398 g/mol. The van der Waals surface area contributed by atoms with Gasteiger partial charge in [0.25, 0.3) is 0 Å². The SMILES string of the molecule is CC(C)Oc1cc(C=NNc2nc(-c3ccccc3)cs2)ccc1Br. The summed E-state index contributed by atoms with van der Waals surface area (Å²) < 4.78 is 6.69. The molecular formula is C19H18BrN3OS. The summed E-state index contributed by atoms with van der Waals surface area (Å²) in [7, 11) is 0. The lowest BCUT2D eigenvalue weighted by molar-refractivity contribution is 0.241. The van der Waals surface area contributed by atoms with E-state index in [1.54, 1.807) is 6.21 Å². The molecule has 0 amide bonds. The number of hydrogen-bond acceptors (Lipinski definition) is 5. The summed E-state index contributed by atoms with van der Waals surface area (Å²) in [4.78, 5) is 4.54. The molecule has 0 atom stereocenters. The number of aromatic nitrogens is 1. The first-order valence-electron chi connectivity index (χ1n) is 7.88. The van der Waals surface area contributed by atoms with Crippen LogP contribution in [0.25, 0.3) is 11.3 Å². The van der Waals surface area contributed by atoms with E-state index in [0.29, 0.717) is 0 Å². The summed E-state index contributed by atoms with van der Waals surface area (Å²) in [5.41, 5.74) is 5.97. The summed E-state index contributed by atoms with van der Waals surface area (Å²) >= 11 is 5.02. The van der Waals surface area contributed by atoms with Crippen LogP contribution in [0.15, 0.2) is 63.5 Å². The molecule has 3 rings (SSSR count). The predicted octanol–water partition coefficient (Wildman–Crippen LogP) is 5.81. The van der Waals surface area contributed by atoms with Crippen molar-refractivity contribution in [3.8, 4) is 17.0 Å². The highest BCUT2D eigenvalue weighted by Gasteiger charge is 2.05. The maximum atomic E-state index is 5.76. The maximum Gasteiger partial charge on any atom is 0.203 e. The monoisotopic (exact) mass is 415 g/mol. The molecule has 3 aromatic rings. The summed E-state index contributed by atoms with van der Waals surface area (Å²) in [6.07, 6.45) is 1.87. The van der Waals surface area contributed by atoms with E-state index in [-0.39, 0.29) is 6.10 Å². The van der Waals surface area contributed by atoms with E-state index in [2.05, 4.69) is 31.4 Å². The van der Waals surface area contributed by atoms with Crippen LogP contribution in [0.3, 0.4) is 0 Å². The van der Waals surface area contributed by atoms with E-state index >= 15 is 0 Å². The second-order valence-electron chi connectivity index (χ2n) is 5.63. The van der Waals surface area contributed by atoms with Gasteiger partial charge in [0.2, 0.25) is 5.13 Å². The van der Waals surface area contributed by atoms with Crippen molar-refractivity contribution in [3.63, 3.8) is 0 Å². The second kappa shape index (κ2) is 8.27. The Balaban J connectivity index is 1.67. The minimum atomic E-state index is 0.119. The van der Waals surface area contributed by atoms with Crippen molar-refractivity contribution in [3.05, 3.63) is 63.9 Å². The van der Waals surface area contributed by atoms with Crippen LogP contribution in [0.2, 0.25) is 0 Å². The third-order valence-corrected chi connectivity index (χ3v) is 4.67. The average Bonchev–Trinajstić information content (AvgIpc) is 3.07. The number of hydrazone groups is 1. The first-order valence-corrected chi connectivity index (χ1v) is 9.55. The Morgan fingerprint density at radius 3 is 2.76 bits per heavy atom. The predicted molar refractivity (Wildman–Crippen MR) is 109 cm³/mol. The highest BCUT2D eigenvalue weighted by atomic mass is 79.9. The molecule has 0 spiro atoms. The van der Waals surface area contributed by atoms with Crippen LogP contribution >= 0.6 is 27.3 Å². The zero-order valence-corrected chi connectivity index (χ0v) is 16.3. The van der Waals surface area contributed by atoms with Crippen molar-refractivity contribution >= 4 is 38.6 Å². The van der Waals surface area contributed by atoms with E-state index in [9.17, 15) is 0 Å². The van der Waals surface area contributed by atoms with Crippen LogP contribution in [0.5, 0.6) is 5.75 Å². The van der Waals surface area contributed by atoms with Gasteiger partial charge in [-0.2, -0.15) is 5.10 Å². The molecule has 6 heteroatoms. The number of benzene rings is 2. The lowest BCUT2D eigenvalue weighted by Crippen LogP contribution is -2.06. The highest BCUT2D eigenvalue weighted by molar-refractivity contribution is 9.10. The largest absolute Gasteiger partial charge is 0.490 e. The molecule has 0 radical (unpaired) electrons. The van der Waals surface area contributed by atoms with E-state index in [1.807, 2.05) is 67.8 Å². The van der Waals surface area contributed by atoms with Gasteiger partial charge in [-0.3, -0.25) is 5.43 Å². The number of rotatable bonds is 6. The molecule has 128 valence electrons. The second-order valence-corrected chi connectivity index (χ2v) is 7.34. The molecule has 0 aliphatic rings. The topological polar surface area (TPSA) is 46.5 Å². The molecule has 0 bridgehead atoms. The van der Waals surface area contributed by atoms with Crippen molar-refractivity contribution in [1.29, 1.82) is 0 Å². The van der Waals surface area contributed by atoms with E-state index in [0.717, 1.165) is 32.2 Å². The standard InChI is InChI=1S/C19H18BrN3OS/c1-13(2)24-18-10-14(8-9-16(18)20)11-21-23-19-22-17(12-25-19)15-6-4-3-5-7-15/h3-13H,1-2H3,(H,22,23). The molecule has 1 N–H and O–H groups in total. The van der Waals surface area contributed by atoms with Crippen molar-refractivity contribution in [2.45, 2.75) is 20.0 Å². The van der Waals surface area contributed by atoms with Gasteiger partial charge < -0.3 is 4.74 Å². The average molecular weight is 416 g/mol. The number of halogens is 1. The summed E-state index contributed by atoms with van der Waals surface area (Å²) in [5, 5.41) is 7.04. The molecule has 4 nitrogen and oxygen atoms in total. The van der Waals surface area contributed by atoms with Gasteiger partial charge in [-0.15, -0.1) is 11.3 Å². The number of hydrogen-bond donors (Lipinski definition) is 1. The number of thiazole rings is 1. The molecule has 2 aromatic carbocycles. The Morgan fingerprint density at radius 2 is 2.00 bits per heavy atom. The molecule has 1 aromatic heterocycles. The number of ether oxygens (including phenoxy) is 1. The summed E-state index contributed by atoms with van der Waals surface area (Å²) in [5.74, 6) is 0.805. The first kappa shape index (κ1) is 17.6. The third kappa shape index (κ3) is 4.90. The lowest BCUT2D eigenvalue weighted by atomic mass is 10.2. The Labute approximate surface area is 159 Å². The van der Waals surface area contributed by atoms with Crippen LogP contribution in [-0.4, -0.2) is 17.3 Å². The summed E-state index contributed by atoms with van der Waals surface area (Å²) in [6, 6.07) is 16.0. The molecule has 0 fully saturated rings. The maximum absolute atomic E-state index is 5.76. The third-order valence-electron chi connectivity index (χ3n) is 3.27. The molecule has 1 heterocycles. The Hall–Kier alpha value is -2.18. The van der Waals surface area contributed by atoms with E-state index in [4.69, 9.17) is 4.74 Å². The van der Waals surface area contributed by atoms with Crippen molar-refractivity contribution in [1.82, 2.24) is 4.98 Å². The van der Waals surface area contributed by atoms with Crippen LogP contribution in [0.4, 0.5) is 5.13 Å². The Bertz CT molecular complexity index is 862. The van der Waals surface area contributed by atoms with Gasteiger partial charge in [0.1, 0.15) is 5.75 Å². The van der Waals surface area contributed by atoms with Crippen LogP contribution < -0.4 is 10.2 Å². The van der Waals surface area contributed by atoms with E-state index < -0.39 is 0 Å². The molecule has 0 saturated heterocycles. The smallest absolute Gasteiger partial charge is 0.203 e. The fourth-order valence-electron chi connectivity index (χ4n) is 2.17. The van der Waals surface area contributed by atoms with Gasteiger partial charge in [0, 0.05) is 10.9 Å². The molecule has 0 unspecified atom stereocenters. The normalized spacial score (nSPS) is 11.2. The van der Waals surface area contributed by atoms with Gasteiger partial charge in [-0.1, -0.05) is 36.4 Å². The van der Waals surface area contributed by atoms with Gasteiger partial charge in [-0.25, -0.2) is 4.98 Å². The first-order chi connectivity index (χ1) is 12.1. The number of nitrogens with zero attached hydrogens (tertiary/aromatic N) is 2. The summed E-state index contributed by atoms with van der Waals surface area (Å²) in [6.45, 7) is 4.00. The molecule has 25 heavy (non-hydrogen) atoms. The van der Waals surface area contributed by atoms with Crippen molar-refractivity contribution in [2.24, 2.45) is 5.10 Å². The lowest BCUT2D eigenvalue weighted by Gasteiger charge is -2.11. The van der Waals surface area contributed by atoms with Gasteiger partial charge in [-0.05, 0) is 47.5 Å². The molecule has 0 aliphatic heterocycles. The minimum absolute atomic E-state index is 0.119. The van der Waals surface area contributed by atoms with Crippen LogP contribution in [0.1, 0.15) is 19.4 Å². The van der Waals surface area contributed by atoms with Crippen molar-refractivity contribution in [2.75, 3.05) is 5.43 Å². The van der Waals surface area contributed by atoms with Gasteiger partial charge in [0.05, 0.1) is 22.5 Å². The minimum Gasteiger partial charge on any atom is -0.490 e. The van der Waals surface area contributed by atoms with E-state index in [1.165, 1.54) is 11.3 Å². The fraction of sp³-hybridized carbons (Fsp3) is 0.158. The van der Waals surface area contributed by atoms with Crippen molar-refractivity contribution < 1.29 is 4.74 Å². The Kier molecular flexibility index (Phi) is 5.83. The zero-order chi connectivity index (χ0) is 17.6. The number of anilines is 1. The highest BCUT2D eigenvalue weighted by Crippen LogP contribution is 2.27.